The van der Waals surface area contributed by atoms with Gasteiger partial charge in [-0.05, 0) is 50.7 Å². The van der Waals surface area contributed by atoms with Gasteiger partial charge in [0, 0.05) is 25.3 Å². The van der Waals surface area contributed by atoms with Crippen molar-refractivity contribution in [3.63, 3.8) is 0 Å². The lowest BCUT2D eigenvalue weighted by Crippen LogP contribution is -2.49. The van der Waals surface area contributed by atoms with Gasteiger partial charge in [0.15, 0.2) is 5.11 Å². The Kier molecular flexibility index (Phi) is 6.31. The molecule has 1 N–H and O–H groups in total. The van der Waals surface area contributed by atoms with Crippen LogP contribution < -0.4 is 5.32 Å². The highest BCUT2D eigenvalue weighted by molar-refractivity contribution is 7.80. The fourth-order valence-corrected chi connectivity index (χ4v) is 3.32. The number of amides is 1. The molecular weight excluding hydrogens is 337 g/mol. The monoisotopic (exact) mass is 361 g/mol. The van der Waals surface area contributed by atoms with Gasteiger partial charge in [-0.2, -0.15) is 0 Å². The molecule has 25 heavy (non-hydrogen) atoms. The van der Waals surface area contributed by atoms with E-state index in [0.717, 1.165) is 11.3 Å². The summed E-state index contributed by atoms with van der Waals surface area (Å²) in [6.07, 6.45) is 1.75. The molecule has 1 amide bonds. The first-order valence-electron chi connectivity index (χ1n) is 8.38. The molecule has 1 heterocycles. The van der Waals surface area contributed by atoms with Crippen LogP contribution in [0.15, 0.2) is 48.2 Å². The largest absolute Gasteiger partial charge is 0.351 e. The van der Waals surface area contributed by atoms with Crippen molar-refractivity contribution in [2.24, 2.45) is 0 Å². The molecule has 4 nitrogen and oxygen atoms in total. The van der Waals surface area contributed by atoms with Crippen molar-refractivity contribution in [3.05, 3.63) is 59.6 Å². The van der Waals surface area contributed by atoms with Crippen LogP contribution in [0.3, 0.4) is 0 Å². The number of carbonyl (C=O) groups is 1. The molecule has 1 aliphatic rings. The second-order valence-corrected chi connectivity index (χ2v) is 6.20. The average Bonchev–Trinajstić information content (AvgIpc) is 2.59. The normalized spacial score (nSPS) is 17.4. The third-order valence-electron chi connectivity index (χ3n) is 4.39. The second kappa shape index (κ2) is 8.25. The lowest BCUT2D eigenvalue weighted by Gasteiger charge is -2.38. The molecule has 1 aromatic carbocycles. The van der Waals surface area contributed by atoms with Crippen molar-refractivity contribution < 1.29 is 9.18 Å². The smallest absolute Gasteiger partial charge is 0.253 e. The van der Waals surface area contributed by atoms with E-state index < -0.39 is 6.04 Å². The van der Waals surface area contributed by atoms with E-state index in [1.54, 1.807) is 23.1 Å². The van der Waals surface area contributed by atoms with Crippen LogP contribution in [-0.4, -0.2) is 40.5 Å². The molecular formula is C19H24FN3OS. The van der Waals surface area contributed by atoms with E-state index in [0.29, 0.717) is 30.3 Å². The maximum Gasteiger partial charge on any atom is 0.253 e. The SMILES string of the molecule is C=CCN1C(=S)N[C@@H](c2ccc(F)cc2)C(C(=O)N(CC)CC)=C1C. The van der Waals surface area contributed by atoms with Crippen molar-refractivity contribution >= 4 is 23.2 Å². The standard InChI is InChI=1S/C19H24FN3OS/c1-5-12-23-13(4)16(18(24)22(6-2)7-3)17(21-19(23)25)14-8-10-15(20)11-9-14/h5,8-11,17H,1,6-7,12H2,2-4H3,(H,21,25)/t17-/m0/s1. The predicted octanol–water partition coefficient (Wildman–Crippen LogP) is 3.39. The summed E-state index contributed by atoms with van der Waals surface area (Å²) in [6.45, 7) is 11.3. The number of likely N-dealkylation sites (N-methyl/N-ethyl adjacent to an activating group) is 1. The number of carbonyl (C=O) groups excluding carboxylic acids is 1. The Hall–Kier alpha value is -2.21. The highest BCUT2D eigenvalue weighted by atomic mass is 32.1. The molecule has 6 heteroatoms. The minimum atomic E-state index is -0.401. The van der Waals surface area contributed by atoms with E-state index in [1.807, 2.05) is 25.7 Å². The number of hydrogen-bond acceptors (Lipinski definition) is 2. The molecule has 1 atom stereocenters. The van der Waals surface area contributed by atoms with Gasteiger partial charge in [0.05, 0.1) is 11.6 Å². The zero-order valence-electron chi connectivity index (χ0n) is 14.9. The number of nitrogens with zero attached hydrogens (tertiary/aromatic N) is 2. The van der Waals surface area contributed by atoms with E-state index in [1.165, 1.54) is 12.1 Å². The number of hydrogen-bond donors (Lipinski definition) is 1. The summed E-state index contributed by atoms with van der Waals surface area (Å²) < 4.78 is 13.3. The quantitative estimate of drug-likeness (QED) is 0.622. The van der Waals surface area contributed by atoms with Gasteiger partial charge in [-0.3, -0.25) is 4.79 Å². The molecule has 2 rings (SSSR count). The van der Waals surface area contributed by atoms with Crippen LogP contribution in [-0.2, 0) is 4.79 Å². The number of allylic oxidation sites excluding steroid dienone is 1. The summed E-state index contributed by atoms with van der Waals surface area (Å²) >= 11 is 5.47. The highest BCUT2D eigenvalue weighted by Gasteiger charge is 2.34. The van der Waals surface area contributed by atoms with Crippen LogP contribution in [0.1, 0.15) is 32.4 Å². The number of thiocarbonyl (C=S) groups is 1. The first kappa shape index (κ1) is 19.1. The third kappa shape index (κ3) is 3.90. The summed E-state index contributed by atoms with van der Waals surface area (Å²) in [6, 6.07) is 5.75. The summed E-state index contributed by atoms with van der Waals surface area (Å²) in [4.78, 5) is 16.8. The molecule has 134 valence electrons. The van der Waals surface area contributed by atoms with E-state index in [-0.39, 0.29) is 11.7 Å². The van der Waals surface area contributed by atoms with E-state index in [9.17, 15) is 9.18 Å². The Balaban J connectivity index is 2.56. The van der Waals surface area contributed by atoms with Crippen molar-refractivity contribution in [2.75, 3.05) is 19.6 Å². The van der Waals surface area contributed by atoms with Crippen LogP contribution in [0.5, 0.6) is 0 Å². The number of benzene rings is 1. The van der Waals surface area contributed by atoms with Gasteiger partial charge in [0.1, 0.15) is 5.82 Å². The van der Waals surface area contributed by atoms with Gasteiger partial charge in [-0.25, -0.2) is 4.39 Å². The molecule has 0 bridgehead atoms. The Morgan fingerprint density at radius 1 is 1.36 bits per heavy atom. The minimum absolute atomic E-state index is 0.0408. The number of rotatable bonds is 6. The topological polar surface area (TPSA) is 35.6 Å². The molecule has 0 aromatic heterocycles. The van der Waals surface area contributed by atoms with E-state index >= 15 is 0 Å². The third-order valence-corrected chi connectivity index (χ3v) is 4.73. The average molecular weight is 361 g/mol. The molecule has 0 radical (unpaired) electrons. The van der Waals surface area contributed by atoms with Crippen molar-refractivity contribution in [2.45, 2.75) is 26.8 Å². The van der Waals surface area contributed by atoms with Crippen molar-refractivity contribution in [1.29, 1.82) is 0 Å². The molecule has 1 aliphatic heterocycles. The van der Waals surface area contributed by atoms with Gasteiger partial charge in [-0.15, -0.1) is 6.58 Å². The fraction of sp³-hybridized carbons (Fsp3) is 0.368. The van der Waals surface area contributed by atoms with Gasteiger partial charge in [0.2, 0.25) is 0 Å². The molecule has 0 fully saturated rings. The zero-order chi connectivity index (χ0) is 18.6. The van der Waals surface area contributed by atoms with Crippen molar-refractivity contribution in [1.82, 2.24) is 15.1 Å². The lowest BCUT2D eigenvalue weighted by molar-refractivity contribution is -0.127. The molecule has 0 spiro atoms. The predicted molar refractivity (Wildman–Crippen MR) is 102 cm³/mol. The van der Waals surface area contributed by atoms with Gasteiger partial charge in [-0.1, -0.05) is 18.2 Å². The van der Waals surface area contributed by atoms with Crippen LogP contribution in [0.25, 0.3) is 0 Å². The van der Waals surface area contributed by atoms with Crippen LogP contribution in [0, 0.1) is 5.82 Å². The number of nitrogens with one attached hydrogen (secondary N) is 1. The summed E-state index contributed by atoms with van der Waals surface area (Å²) in [5.74, 6) is -0.353. The highest BCUT2D eigenvalue weighted by Crippen LogP contribution is 2.32. The second-order valence-electron chi connectivity index (χ2n) is 5.81. The Labute approximate surface area is 154 Å². The Bertz CT molecular complexity index is 695. The zero-order valence-corrected chi connectivity index (χ0v) is 15.7. The van der Waals surface area contributed by atoms with E-state index in [2.05, 4.69) is 11.9 Å². The van der Waals surface area contributed by atoms with Gasteiger partial charge in [0.25, 0.3) is 5.91 Å². The van der Waals surface area contributed by atoms with Gasteiger partial charge >= 0.3 is 0 Å². The molecule has 0 aliphatic carbocycles. The maximum absolute atomic E-state index is 13.3. The van der Waals surface area contributed by atoms with E-state index in [4.69, 9.17) is 12.2 Å². The van der Waals surface area contributed by atoms with Crippen LogP contribution in [0.4, 0.5) is 4.39 Å². The van der Waals surface area contributed by atoms with Crippen LogP contribution in [0.2, 0.25) is 0 Å². The Morgan fingerprint density at radius 3 is 2.48 bits per heavy atom. The summed E-state index contributed by atoms with van der Waals surface area (Å²) in [5, 5.41) is 3.76. The fourth-order valence-electron chi connectivity index (χ4n) is 2.99. The molecule has 0 saturated heterocycles. The van der Waals surface area contributed by atoms with Crippen molar-refractivity contribution in [3.8, 4) is 0 Å². The minimum Gasteiger partial charge on any atom is -0.351 e. The maximum atomic E-state index is 13.3. The Morgan fingerprint density at radius 2 is 1.96 bits per heavy atom. The lowest BCUT2D eigenvalue weighted by atomic mass is 9.93. The van der Waals surface area contributed by atoms with Crippen LogP contribution >= 0.6 is 12.2 Å². The first-order chi connectivity index (χ1) is 11.9. The summed E-state index contributed by atoms with van der Waals surface area (Å²) in [7, 11) is 0. The molecule has 1 aromatic rings. The van der Waals surface area contributed by atoms with Gasteiger partial charge < -0.3 is 15.1 Å². The summed E-state index contributed by atoms with van der Waals surface area (Å²) in [5.41, 5.74) is 2.23. The molecule has 0 saturated carbocycles. The number of halogens is 1. The first-order valence-corrected chi connectivity index (χ1v) is 8.79. The molecule has 0 unspecified atom stereocenters.